The monoisotopic (exact) mass is 459 g/mol. The summed E-state index contributed by atoms with van der Waals surface area (Å²) in [6, 6.07) is 11.4. The minimum Gasteiger partial charge on any atom is -0.449 e. The lowest BCUT2D eigenvalue weighted by Gasteiger charge is -2.25. The molecule has 1 atom stereocenters. The number of piperidine rings is 1. The summed E-state index contributed by atoms with van der Waals surface area (Å²) in [5.41, 5.74) is 6.02. The molecule has 3 rings (SSSR count). The number of nitrogens with zero attached hydrogens (tertiary/aromatic N) is 1. The van der Waals surface area contributed by atoms with Crippen LogP contribution in [0, 0.1) is 0 Å². The van der Waals surface area contributed by atoms with E-state index in [-0.39, 0.29) is 10.5 Å². The molecule has 0 saturated carbocycles. The minimum absolute atomic E-state index is 0.112. The van der Waals surface area contributed by atoms with Crippen molar-refractivity contribution in [3.05, 3.63) is 59.7 Å². The van der Waals surface area contributed by atoms with Crippen molar-refractivity contribution in [3.63, 3.8) is 0 Å². The van der Waals surface area contributed by atoms with Gasteiger partial charge in [0.05, 0.1) is 10.5 Å². The second-order valence-electron chi connectivity index (χ2n) is 7.47. The Bertz CT molecular complexity index is 1090. The largest absolute Gasteiger partial charge is 0.449 e. The molecule has 1 fully saturated rings. The highest BCUT2D eigenvalue weighted by atomic mass is 32.2. The Hall–Kier alpha value is -3.24. The van der Waals surface area contributed by atoms with Crippen molar-refractivity contribution in [3.8, 4) is 0 Å². The zero-order valence-electron chi connectivity index (χ0n) is 17.6. The van der Waals surface area contributed by atoms with Gasteiger partial charge in [-0.3, -0.25) is 9.59 Å². The lowest BCUT2D eigenvalue weighted by atomic mass is 10.2. The second kappa shape index (κ2) is 9.92. The highest BCUT2D eigenvalue weighted by Gasteiger charge is 2.26. The summed E-state index contributed by atoms with van der Waals surface area (Å²) in [4.78, 5) is 35.9. The number of rotatable bonds is 7. The van der Waals surface area contributed by atoms with Gasteiger partial charge in [-0.25, -0.2) is 13.2 Å². The van der Waals surface area contributed by atoms with Crippen molar-refractivity contribution < 1.29 is 27.5 Å². The number of carbonyl (C=O) groups is 3. The van der Waals surface area contributed by atoms with Crippen LogP contribution in [0.15, 0.2) is 53.4 Å². The fourth-order valence-electron chi connectivity index (χ4n) is 3.26. The molecule has 1 aliphatic rings. The Labute approximate surface area is 186 Å². The quantitative estimate of drug-likeness (QED) is 0.609. The molecule has 0 aliphatic carbocycles. The number of esters is 1. The molecule has 2 amide bonds. The molecule has 1 heterocycles. The van der Waals surface area contributed by atoms with Crippen LogP contribution < -0.4 is 11.1 Å². The van der Waals surface area contributed by atoms with Crippen LogP contribution in [0.4, 0.5) is 5.69 Å². The lowest BCUT2D eigenvalue weighted by Crippen LogP contribution is -2.35. The number of anilines is 1. The van der Waals surface area contributed by atoms with E-state index in [1.807, 2.05) is 0 Å². The molecule has 0 aromatic heterocycles. The van der Waals surface area contributed by atoms with Gasteiger partial charge >= 0.3 is 5.97 Å². The van der Waals surface area contributed by atoms with Crippen LogP contribution in [0.2, 0.25) is 0 Å². The first-order chi connectivity index (χ1) is 15.2. The van der Waals surface area contributed by atoms with Crippen LogP contribution in [-0.4, -0.2) is 49.7 Å². The number of amides is 2. The van der Waals surface area contributed by atoms with Gasteiger partial charge in [0.25, 0.3) is 5.91 Å². The first-order valence-electron chi connectivity index (χ1n) is 10.2. The highest BCUT2D eigenvalue weighted by Crippen LogP contribution is 2.21. The summed E-state index contributed by atoms with van der Waals surface area (Å²) < 4.78 is 32.0. The Morgan fingerprint density at radius 1 is 0.938 bits per heavy atom. The molecule has 2 aromatic carbocycles. The summed E-state index contributed by atoms with van der Waals surface area (Å²) in [6.45, 7) is 2.40. The van der Waals surface area contributed by atoms with Crippen molar-refractivity contribution in [2.24, 2.45) is 5.73 Å². The van der Waals surface area contributed by atoms with Crippen LogP contribution in [0.3, 0.4) is 0 Å². The molecular weight excluding hydrogens is 434 g/mol. The van der Waals surface area contributed by atoms with Crippen LogP contribution >= 0.6 is 0 Å². The average molecular weight is 460 g/mol. The lowest BCUT2D eigenvalue weighted by molar-refractivity contribution is -0.123. The van der Waals surface area contributed by atoms with E-state index in [1.54, 1.807) is 0 Å². The molecule has 3 N–H and O–H groups in total. The molecule has 9 nitrogen and oxygen atoms in total. The van der Waals surface area contributed by atoms with Gasteiger partial charge in [0.15, 0.2) is 6.10 Å². The van der Waals surface area contributed by atoms with Gasteiger partial charge in [0, 0.05) is 24.3 Å². The normalized spacial score (nSPS) is 15.5. The fourth-order valence-corrected chi connectivity index (χ4v) is 4.78. The maximum absolute atomic E-state index is 12.7. The molecule has 0 spiro atoms. The molecule has 2 aromatic rings. The van der Waals surface area contributed by atoms with Crippen LogP contribution in [-0.2, 0) is 19.6 Å². The molecule has 0 bridgehead atoms. The Balaban J connectivity index is 1.59. The second-order valence-corrected chi connectivity index (χ2v) is 9.41. The first-order valence-corrected chi connectivity index (χ1v) is 11.6. The van der Waals surface area contributed by atoms with Crippen LogP contribution in [0.25, 0.3) is 0 Å². The molecule has 10 heteroatoms. The van der Waals surface area contributed by atoms with E-state index < -0.39 is 33.9 Å². The summed E-state index contributed by atoms with van der Waals surface area (Å²) >= 11 is 0. The molecule has 170 valence electrons. The van der Waals surface area contributed by atoms with Gasteiger partial charge in [-0.05, 0) is 68.3 Å². The Morgan fingerprint density at radius 3 is 2.06 bits per heavy atom. The minimum atomic E-state index is -3.60. The average Bonchev–Trinajstić information content (AvgIpc) is 2.80. The van der Waals surface area contributed by atoms with Crippen molar-refractivity contribution >= 4 is 33.5 Å². The maximum Gasteiger partial charge on any atom is 0.338 e. The number of ether oxygens (including phenoxy) is 1. The van der Waals surface area contributed by atoms with Crippen molar-refractivity contribution in [2.45, 2.75) is 37.2 Å². The van der Waals surface area contributed by atoms with Gasteiger partial charge in [0.1, 0.15) is 0 Å². The smallest absolute Gasteiger partial charge is 0.338 e. The van der Waals surface area contributed by atoms with E-state index in [0.29, 0.717) is 24.3 Å². The van der Waals surface area contributed by atoms with Gasteiger partial charge in [-0.15, -0.1) is 0 Å². The van der Waals surface area contributed by atoms with Crippen LogP contribution in [0.1, 0.15) is 46.9 Å². The number of nitrogens with two attached hydrogens (primary N) is 1. The van der Waals surface area contributed by atoms with Crippen molar-refractivity contribution in [1.82, 2.24) is 4.31 Å². The van der Waals surface area contributed by atoms with Crippen molar-refractivity contribution in [1.29, 1.82) is 0 Å². The number of benzene rings is 2. The van der Waals surface area contributed by atoms with E-state index in [2.05, 4.69) is 5.32 Å². The fraction of sp³-hybridized carbons (Fsp3) is 0.318. The van der Waals surface area contributed by atoms with E-state index >= 15 is 0 Å². The Morgan fingerprint density at radius 2 is 1.50 bits per heavy atom. The topological polar surface area (TPSA) is 136 Å². The third kappa shape index (κ3) is 5.51. The van der Waals surface area contributed by atoms with E-state index in [1.165, 1.54) is 59.8 Å². The van der Waals surface area contributed by atoms with E-state index in [0.717, 1.165) is 19.3 Å². The maximum atomic E-state index is 12.7. The SMILES string of the molecule is C[C@H](OC(=O)c1ccc(S(=O)(=O)N2CCCCC2)cc1)C(=O)Nc1ccc(C(N)=O)cc1. The Kier molecular flexibility index (Phi) is 7.26. The van der Waals surface area contributed by atoms with E-state index in [9.17, 15) is 22.8 Å². The molecule has 1 saturated heterocycles. The van der Waals surface area contributed by atoms with Gasteiger partial charge in [-0.2, -0.15) is 4.31 Å². The molecular formula is C22H25N3O6S. The highest BCUT2D eigenvalue weighted by molar-refractivity contribution is 7.89. The third-order valence-corrected chi connectivity index (χ3v) is 7.05. The number of primary amides is 1. The number of nitrogens with one attached hydrogen (secondary N) is 1. The molecule has 0 unspecified atom stereocenters. The van der Waals surface area contributed by atoms with Crippen LogP contribution in [0.5, 0.6) is 0 Å². The van der Waals surface area contributed by atoms with Gasteiger partial charge in [0.2, 0.25) is 15.9 Å². The summed E-state index contributed by atoms with van der Waals surface area (Å²) in [7, 11) is -3.60. The first kappa shape index (κ1) is 23.4. The zero-order chi connectivity index (χ0) is 23.3. The summed E-state index contributed by atoms with van der Waals surface area (Å²) in [5, 5.41) is 2.58. The number of hydrogen-bond acceptors (Lipinski definition) is 6. The third-order valence-electron chi connectivity index (χ3n) is 5.13. The zero-order valence-corrected chi connectivity index (χ0v) is 18.4. The summed E-state index contributed by atoms with van der Waals surface area (Å²) in [5.74, 6) is -1.90. The number of hydrogen-bond donors (Lipinski definition) is 2. The summed E-state index contributed by atoms with van der Waals surface area (Å²) in [6.07, 6.45) is 1.58. The van der Waals surface area contributed by atoms with Gasteiger partial charge < -0.3 is 15.8 Å². The van der Waals surface area contributed by atoms with E-state index in [4.69, 9.17) is 10.5 Å². The van der Waals surface area contributed by atoms with Gasteiger partial charge in [-0.1, -0.05) is 6.42 Å². The predicted molar refractivity (Wildman–Crippen MR) is 118 cm³/mol. The molecule has 1 aliphatic heterocycles. The molecule has 32 heavy (non-hydrogen) atoms. The van der Waals surface area contributed by atoms with Crippen molar-refractivity contribution in [2.75, 3.05) is 18.4 Å². The number of carbonyl (C=O) groups excluding carboxylic acids is 3. The standard InChI is InChI=1S/C22H25N3O6S/c1-15(21(27)24-18-9-5-16(6-10-18)20(23)26)31-22(28)17-7-11-19(12-8-17)32(29,30)25-13-3-2-4-14-25/h5-12,15H,2-4,13-14H2,1H3,(H2,23,26)(H,24,27)/t15-/m0/s1. The number of sulfonamides is 1. The molecule has 0 radical (unpaired) electrons. The predicted octanol–water partition coefficient (Wildman–Crippen LogP) is 2.14.